The number of para-hydroxylation sites is 1. The van der Waals surface area contributed by atoms with Crippen LogP contribution in [-0.2, 0) is 27.5 Å². The monoisotopic (exact) mass is 543 g/mol. The van der Waals surface area contributed by atoms with E-state index in [2.05, 4.69) is 65.2 Å². The summed E-state index contributed by atoms with van der Waals surface area (Å²) in [7, 11) is 0. The van der Waals surface area contributed by atoms with Crippen LogP contribution >= 0.6 is 0 Å². The topological polar surface area (TPSA) is 19.4 Å². The van der Waals surface area contributed by atoms with Crippen molar-refractivity contribution in [3.8, 4) is 11.3 Å². The van der Waals surface area contributed by atoms with Gasteiger partial charge in [0, 0.05) is 38.9 Å². The quantitative estimate of drug-likeness (QED) is 0.445. The molecule has 0 unspecified atom stereocenters. The van der Waals surface area contributed by atoms with Gasteiger partial charge in [-0.25, -0.2) is 0 Å². The fraction of sp³-hybridized carbons (Fsp3) is 0.0833. The van der Waals surface area contributed by atoms with E-state index in [1.165, 1.54) is 11.3 Å². The first-order valence-corrected chi connectivity index (χ1v) is 9.10. The normalized spacial score (nSPS) is 14.2. The first-order valence-electron chi connectivity index (χ1n) is 9.10. The molecule has 0 amide bonds. The fourth-order valence-electron chi connectivity index (χ4n) is 3.44. The maximum absolute atomic E-state index is 4.80. The summed E-state index contributed by atoms with van der Waals surface area (Å²) < 4.78 is 0. The molecule has 142 valence electrons. The largest absolute Gasteiger partial charge is 0.507 e. The average molecular weight is 544 g/mol. The SMILES string of the molecule is [Pt].[c-]1ccccc1-c1cccc(CCN2C=C3C=Cc4ccc[c-]c4N3[CH-]2)n1. The third kappa shape index (κ3) is 3.68. The van der Waals surface area contributed by atoms with Crippen molar-refractivity contribution in [1.29, 1.82) is 0 Å². The first kappa shape index (κ1) is 18.7. The van der Waals surface area contributed by atoms with Crippen LogP contribution in [0.1, 0.15) is 11.3 Å². The summed E-state index contributed by atoms with van der Waals surface area (Å²) in [4.78, 5) is 9.22. The number of rotatable bonds is 4. The summed E-state index contributed by atoms with van der Waals surface area (Å²) in [5.41, 5.74) is 6.56. The molecule has 3 nitrogen and oxygen atoms in total. The van der Waals surface area contributed by atoms with Crippen LogP contribution in [-0.4, -0.2) is 16.4 Å². The molecule has 4 heteroatoms. The fourth-order valence-corrected chi connectivity index (χ4v) is 3.44. The molecule has 0 bridgehead atoms. The average Bonchev–Trinajstić information content (AvgIpc) is 3.17. The zero-order valence-corrected chi connectivity index (χ0v) is 17.4. The smallest absolute Gasteiger partial charge is 0.0313 e. The molecule has 1 aromatic heterocycles. The van der Waals surface area contributed by atoms with Gasteiger partial charge in [0.05, 0.1) is 0 Å². The molecule has 0 fully saturated rings. The molecule has 2 aromatic carbocycles. The maximum Gasteiger partial charge on any atom is 0.0313 e. The summed E-state index contributed by atoms with van der Waals surface area (Å²) in [6.07, 6.45) is 7.35. The predicted octanol–water partition coefficient (Wildman–Crippen LogP) is 4.70. The minimum Gasteiger partial charge on any atom is -0.507 e. The van der Waals surface area contributed by atoms with E-state index in [9.17, 15) is 0 Å². The second-order valence-electron chi connectivity index (χ2n) is 6.63. The molecular weight excluding hydrogens is 525 g/mol. The van der Waals surface area contributed by atoms with E-state index in [1.807, 2.05) is 42.5 Å². The van der Waals surface area contributed by atoms with E-state index in [0.717, 1.165) is 35.6 Å². The van der Waals surface area contributed by atoms with Crippen LogP contribution < -0.4 is 4.90 Å². The Kier molecular flexibility index (Phi) is 5.45. The molecule has 0 saturated heterocycles. The maximum atomic E-state index is 4.80. The minimum absolute atomic E-state index is 0. The molecule has 3 aromatic rings. The van der Waals surface area contributed by atoms with Gasteiger partial charge in [-0.3, -0.25) is 0 Å². The first-order chi connectivity index (χ1) is 13.4. The van der Waals surface area contributed by atoms with Crippen LogP contribution in [0.25, 0.3) is 17.3 Å². The van der Waals surface area contributed by atoms with Crippen molar-refractivity contribution in [2.75, 3.05) is 11.4 Å². The van der Waals surface area contributed by atoms with Crippen molar-refractivity contribution in [3.05, 3.63) is 109 Å². The Morgan fingerprint density at radius 3 is 2.75 bits per heavy atom. The molecule has 0 atom stereocenters. The van der Waals surface area contributed by atoms with E-state index >= 15 is 0 Å². The van der Waals surface area contributed by atoms with Gasteiger partial charge < -0.3 is 14.8 Å². The summed E-state index contributed by atoms with van der Waals surface area (Å²) in [6.45, 7) is 3.02. The second kappa shape index (κ2) is 8.16. The number of fused-ring (bicyclic) bond motifs is 3. The van der Waals surface area contributed by atoms with Crippen molar-refractivity contribution in [3.63, 3.8) is 0 Å². The van der Waals surface area contributed by atoms with Gasteiger partial charge >= 0.3 is 0 Å². The van der Waals surface area contributed by atoms with E-state index in [-0.39, 0.29) is 21.1 Å². The molecule has 2 aliphatic heterocycles. The molecule has 0 spiro atoms. The van der Waals surface area contributed by atoms with E-state index in [4.69, 9.17) is 4.98 Å². The van der Waals surface area contributed by atoms with Crippen LogP contribution in [0.15, 0.2) is 78.6 Å². The van der Waals surface area contributed by atoms with Gasteiger partial charge in [0.25, 0.3) is 0 Å². The third-order valence-electron chi connectivity index (χ3n) is 4.80. The van der Waals surface area contributed by atoms with E-state index in [1.54, 1.807) is 0 Å². The summed E-state index contributed by atoms with van der Waals surface area (Å²) in [5.74, 6) is 0. The van der Waals surface area contributed by atoms with Crippen molar-refractivity contribution in [1.82, 2.24) is 9.88 Å². The molecule has 0 radical (unpaired) electrons. The third-order valence-corrected chi connectivity index (χ3v) is 4.80. The Bertz CT molecular complexity index is 1030. The number of aromatic nitrogens is 1. The Hall–Kier alpha value is -2.64. The Labute approximate surface area is 180 Å². The summed E-state index contributed by atoms with van der Waals surface area (Å²) in [6, 6.07) is 26.8. The minimum atomic E-state index is 0. The Morgan fingerprint density at radius 2 is 1.86 bits per heavy atom. The van der Waals surface area contributed by atoms with Crippen molar-refractivity contribution in [2.45, 2.75) is 6.42 Å². The predicted molar refractivity (Wildman–Crippen MR) is 108 cm³/mol. The molecule has 0 aliphatic carbocycles. The van der Waals surface area contributed by atoms with Crippen molar-refractivity contribution >= 4 is 11.8 Å². The summed E-state index contributed by atoms with van der Waals surface area (Å²) in [5, 5.41) is 0. The molecule has 0 saturated carbocycles. The number of benzene rings is 2. The molecule has 5 rings (SSSR count). The van der Waals surface area contributed by atoms with Crippen molar-refractivity contribution in [2.24, 2.45) is 0 Å². The zero-order valence-electron chi connectivity index (χ0n) is 15.2. The molecular formula is C24H18N3Pt-3. The number of hydrogen-bond donors (Lipinski definition) is 0. The second-order valence-corrected chi connectivity index (χ2v) is 6.63. The van der Waals surface area contributed by atoms with Gasteiger partial charge in [-0.1, -0.05) is 23.9 Å². The number of pyridine rings is 1. The molecule has 28 heavy (non-hydrogen) atoms. The molecule has 2 aliphatic rings. The van der Waals surface area contributed by atoms with E-state index in [0.29, 0.717) is 0 Å². The van der Waals surface area contributed by atoms with Crippen molar-refractivity contribution < 1.29 is 21.1 Å². The van der Waals surface area contributed by atoms with Crippen LogP contribution in [0.5, 0.6) is 0 Å². The standard InChI is InChI=1S/C24H18N3.Pt/c1-2-7-19(8-3-1)23-11-6-10-21(25-23)15-16-26-17-22-14-13-20-9-4-5-12-24(20)27(22)18-26;/h1-7,9-11,13-14,17-18H,15-16H2;/q-3;. The Balaban J connectivity index is 0.00000192. The van der Waals surface area contributed by atoms with E-state index < -0.39 is 0 Å². The van der Waals surface area contributed by atoms with Crippen LogP contribution in [0.4, 0.5) is 5.69 Å². The van der Waals surface area contributed by atoms with Gasteiger partial charge in [-0.2, -0.15) is 30.9 Å². The zero-order chi connectivity index (χ0) is 18.1. The van der Waals surface area contributed by atoms with Gasteiger partial charge in [-0.05, 0) is 24.5 Å². The van der Waals surface area contributed by atoms with Gasteiger partial charge in [0.15, 0.2) is 0 Å². The van der Waals surface area contributed by atoms with Crippen LogP contribution in [0.2, 0.25) is 0 Å². The van der Waals surface area contributed by atoms with Crippen LogP contribution in [0, 0.1) is 18.8 Å². The van der Waals surface area contributed by atoms with Gasteiger partial charge in [0.1, 0.15) is 0 Å². The van der Waals surface area contributed by atoms with Gasteiger partial charge in [0.2, 0.25) is 0 Å². The molecule has 0 N–H and O–H groups in total. The number of nitrogens with zero attached hydrogens (tertiary/aromatic N) is 3. The summed E-state index contributed by atoms with van der Waals surface area (Å²) >= 11 is 0. The Morgan fingerprint density at radius 1 is 0.929 bits per heavy atom. The number of allylic oxidation sites excluding steroid dienone is 1. The number of anilines is 1. The van der Waals surface area contributed by atoms with Gasteiger partial charge in [-0.15, -0.1) is 47.5 Å². The number of hydrogen-bond acceptors (Lipinski definition) is 3. The van der Waals surface area contributed by atoms with Crippen LogP contribution in [0.3, 0.4) is 0 Å². The molecule has 3 heterocycles.